The molecule has 2 aromatic carbocycles. The molecule has 0 aliphatic rings. The molecule has 1 atom stereocenters. The van der Waals surface area contributed by atoms with E-state index in [1.54, 1.807) is 24.3 Å². The number of ether oxygens (including phenoxy) is 1. The topological polar surface area (TPSA) is 55.4 Å². The lowest BCUT2D eigenvalue weighted by Crippen LogP contribution is -2.29. The first-order valence-electron chi connectivity index (χ1n) is 7.55. The molecule has 1 amide bonds. The molecule has 1 unspecified atom stereocenters. The number of carbonyl (C=O) groups is 2. The van der Waals surface area contributed by atoms with E-state index in [9.17, 15) is 14.0 Å². The molecule has 2 rings (SSSR count). The second-order valence-electron chi connectivity index (χ2n) is 5.25. The van der Waals surface area contributed by atoms with Crippen LogP contribution >= 0.6 is 15.9 Å². The van der Waals surface area contributed by atoms with E-state index in [4.69, 9.17) is 0 Å². The van der Waals surface area contributed by atoms with Crippen LogP contribution in [0.15, 0.2) is 59.1 Å². The third-order valence-corrected chi connectivity index (χ3v) is 3.98. The molecule has 1 N–H and O–H groups in total. The number of methoxy groups -OCH3 is 1. The van der Waals surface area contributed by atoms with E-state index < -0.39 is 23.7 Å². The lowest BCUT2D eigenvalue weighted by atomic mass is 10.0. The molecule has 25 heavy (non-hydrogen) atoms. The van der Waals surface area contributed by atoms with Crippen molar-refractivity contribution in [3.63, 3.8) is 0 Å². The molecule has 0 aliphatic heterocycles. The zero-order valence-corrected chi connectivity index (χ0v) is 15.1. The smallest absolute Gasteiger partial charge is 0.307 e. The van der Waals surface area contributed by atoms with Crippen LogP contribution in [0.5, 0.6) is 0 Å². The molecule has 0 spiro atoms. The number of hydrogen-bond donors (Lipinski definition) is 1. The summed E-state index contributed by atoms with van der Waals surface area (Å²) in [5.41, 5.74) is 1.07. The van der Waals surface area contributed by atoms with Gasteiger partial charge in [0.2, 0.25) is 5.91 Å². The molecule has 0 saturated heterocycles. The maximum atomic E-state index is 13.6. The van der Waals surface area contributed by atoms with Gasteiger partial charge in [-0.3, -0.25) is 9.59 Å². The first-order chi connectivity index (χ1) is 12.0. The predicted molar refractivity (Wildman–Crippen MR) is 97.1 cm³/mol. The van der Waals surface area contributed by atoms with Gasteiger partial charge in [0, 0.05) is 16.1 Å². The normalized spacial score (nSPS) is 12.0. The molecule has 130 valence electrons. The van der Waals surface area contributed by atoms with Crippen LogP contribution in [0.1, 0.15) is 23.6 Å². The number of carbonyl (C=O) groups excluding carboxylic acids is 2. The number of rotatable bonds is 6. The van der Waals surface area contributed by atoms with Crippen molar-refractivity contribution in [2.24, 2.45) is 0 Å². The Morgan fingerprint density at radius 1 is 1.24 bits per heavy atom. The van der Waals surface area contributed by atoms with E-state index in [1.807, 2.05) is 18.2 Å². The monoisotopic (exact) mass is 405 g/mol. The van der Waals surface area contributed by atoms with Gasteiger partial charge in [0.25, 0.3) is 0 Å². The zero-order valence-electron chi connectivity index (χ0n) is 13.5. The van der Waals surface area contributed by atoms with Crippen molar-refractivity contribution >= 4 is 33.9 Å². The Bertz CT molecular complexity index is 792. The van der Waals surface area contributed by atoms with Gasteiger partial charge in [-0.25, -0.2) is 4.39 Å². The number of halogens is 2. The highest BCUT2D eigenvalue weighted by Gasteiger charge is 2.18. The van der Waals surface area contributed by atoms with Gasteiger partial charge in [-0.05, 0) is 29.8 Å². The highest BCUT2D eigenvalue weighted by molar-refractivity contribution is 9.10. The zero-order chi connectivity index (χ0) is 18.2. The maximum absolute atomic E-state index is 13.6. The van der Waals surface area contributed by atoms with Crippen molar-refractivity contribution in [3.8, 4) is 0 Å². The van der Waals surface area contributed by atoms with Gasteiger partial charge in [0.15, 0.2) is 0 Å². The highest BCUT2D eigenvalue weighted by atomic mass is 79.9. The third-order valence-electron chi connectivity index (χ3n) is 3.49. The van der Waals surface area contributed by atoms with E-state index in [0.29, 0.717) is 5.56 Å². The van der Waals surface area contributed by atoms with Crippen LogP contribution in [0.3, 0.4) is 0 Å². The first-order valence-corrected chi connectivity index (χ1v) is 8.34. The first kappa shape index (κ1) is 18.9. The molecule has 0 aromatic heterocycles. The van der Waals surface area contributed by atoms with Gasteiger partial charge in [-0.2, -0.15) is 0 Å². The number of nitrogens with one attached hydrogen (secondary N) is 1. The summed E-state index contributed by atoms with van der Waals surface area (Å²) in [7, 11) is 1.29. The molecule has 0 saturated carbocycles. The van der Waals surface area contributed by atoms with E-state index in [2.05, 4.69) is 26.0 Å². The SMILES string of the molecule is COC(=O)CC(NC(=O)/C=C/c1ccccc1F)c1cccc(Br)c1. The second kappa shape index (κ2) is 9.13. The summed E-state index contributed by atoms with van der Waals surface area (Å²) >= 11 is 3.36. The van der Waals surface area contributed by atoms with Crippen molar-refractivity contribution in [2.75, 3.05) is 7.11 Å². The van der Waals surface area contributed by atoms with Gasteiger partial charge in [0.1, 0.15) is 5.82 Å². The number of esters is 1. The number of benzene rings is 2. The molecule has 6 heteroatoms. The standard InChI is InChI=1S/C19H17BrFNO3/c1-25-19(24)12-17(14-6-4-7-15(20)11-14)22-18(23)10-9-13-5-2-3-8-16(13)21/h2-11,17H,12H2,1H3,(H,22,23)/b10-9+. The molecule has 0 radical (unpaired) electrons. The van der Waals surface area contributed by atoms with Crippen LogP contribution in [-0.4, -0.2) is 19.0 Å². The fourth-order valence-corrected chi connectivity index (χ4v) is 2.64. The van der Waals surface area contributed by atoms with Gasteiger partial charge in [-0.1, -0.05) is 46.3 Å². The Morgan fingerprint density at radius 3 is 2.68 bits per heavy atom. The van der Waals surface area contributed by atoms with E-state index >= 15 is 0 Å². The van der Waals surface area contributed by atoms with Gasteiger partial charge < -0.3 is 10.1 Å². The second-order valence-corrected chi connectivity index (χ2v) is 6.17. The fraction of sp³-hybridized carbons (Fsp3) is 0.158. The van der Waals surface area contributed by atoms with Crippen LogP contribution in [0.2, 0.25) is 0 Å². The minimum absolute atomic E-state index is 0.00771. The molecule has 0 heterocycles. The van der Waals surface area contributed by atoms with Crippen molar-refractivity contribution in [1.82, 2.24) is 5.32 Å². The Kier molecular flexibility index (Phi) is 6.89. The van der Waals surface area contributed by atoms with Gasteiger partial charge >= 0.3 is 5.97 Å². The number of hydrogen-bond acceptors (Lipinski definition) is 3. The number of amides is 1. The minimum atomic E-state index is -0.553. The van der Waals surface area contributed by atoms with Crippen LogP contribution in [-0.2, 0) is 14.3 Å². The minimum Gasteiger partial charge on any atom is -0.469 e. The van der Waals surface area contributed by atoms with Gasteiger partial charge in [-0.15, -0.1) is 0 Å². The van der Waals surface area contributed by atoms with Crippen molar-refractivity contribution in [2.45, 2.75) is 12.5 Å². The summed E-state index contributed by atoms with van der Waals surface area (Å²) in [6, 6.07) is 12.9. The van der Waals surface area contributed by atoms with Crippen molar-refractivity contribution in [3.05, 3.63) is 76.0 Å². The molecular formula is C19H17BrFNO3. The van der Waals surface area contributed by atoms with E-state index in [1.165, 1.54) is 25.3 Å². The average Bonchev–Trinajstić information content (AvgIpc) is 2.60. The molecular weight excluding hydrogens is 389 g/mol. The highest BCUT2D eigenvalue weighted by Crippen LogP contribution is 2.21. The summed E-state index contributed by atoms with van der Waals surface area (Å²) in [6.07, 6.45) is 2.62. The maximum Gasteiger partial charge on any atom is 0.307 e. The largest absolute Gasteiger partial charge is 0.469 e. The summed E-state index contributed by atoms with van der Waals surface area (Å²) < 4.78 is 19.1. The molecule has 0 aliphatic carbocycles. The van der Waals surface area contributed by atoms with E-state index in [-0.39, 0.29) is 6.42 Å². The molecule has 0 bridgehead atoms. The molecule has 2 aromatic rings. The fourth-order valence-electron chi connectivity index (χ4n) is 2.22. The van der Waals surface area contributed by atoms with E-state index in [0.717, 1.165) is 10.0 Å². The Morgan fingerprint density at radius 2 is 2.00 bits per heavy atom. The quantitative estimate of drug-likeness (QED) is 0.583. The van der Waals surface area contributed by atoms with Crippen LogP contribution in [0.4, 0.5) is 4.39 Å². The Balaban J connectivity index is 2.14. The summed E-state index contributed by atoms with van der Waals surface area (Å²) in [6.45, 7) is 0. The van der Waals surface area contributed by atoms with Crippen LogP contribution < -0.4 is 5.32 Å². The van der Waals surface area contributed by atoms with Crippen molar-refractivity contribution < 1.29 is 18.7 Å². The third kappa shape index (κ3) is 5.83. The predicted octanol–water partition coefficient (Wildman–Crippen LogP) is 4.02. The van der Waals surface area contributed by atoms with Gasteiger partial charge in [0.05, 0.1) is 19.6 Å². The summed E-state index contributed by atoms with van der Waals surface area (Å²) in [5, 5.41) is 2.75. The average molecular weight is 406 g/mol. The summed E-state index contributed by atoms with van der Waals surface area (Å²) in [5.74, 6) is -1.29. The van der Waals surface area contributed by atoms with Crippen LogP contribution in [0, 0.1) is 5.82 Å². The lowest BCUT2D eigenvalue weighted by Gasteiger charge is -2.17. The Hall–Kier alpha value is -2.47. The van der Waals surface area contributed by atoms with Crippen molar-refractivity contribution in [1.29, 1.82) is 0 Å². The Labute approximate surface area is 153 Å². The molecule has 4 nitrogen and oxygen atoms in total. The summed E-state index contributed by atoms with van der Waals surface area (Å²) in [4.78, 5) is 23.8. The molecule has 0 fully saturated rings. The van der Waals surface area contributed by atoms with Crippen LogP contribution in [0.25, 0.3) is 6.08 Å². The lowest BCUT2D eigenvalue weighted by molar-refractivity contribution is -0.141.